The molecule has 1 aromatic rings. The van der Waals surface area contributed by atoms with Crippen molar-refractivity contribution in [3.8, 4) is 17.2 Å². The van der Waals surface area contributed by atoms with Crippen molar-refractivity contribution in [3.05, 3.63) is 23.8 Å². The summed E-state index contributed by atoms with van der Waals surface area (Å²) in [7, 11) is -1.82. The summed E-state index contributed by atoms with van der Waals surface area (Å²) in [6, 6.07) is 5.64. The van der Waals surface area contributed by atoms with Crippen LogP contribution >= 0.6 is 0 Å². The van der Waals surface area contributed by atoms with Crippen LogP contribution in [0.15, 0.2) is 18.2 Å². The normalized spacial score (nSPS) is 12.1. The number of benzene rings is 1. The second-order valence-electron chi connectivity index (χ2n) is 10.5. The number of nitrogen functional groups attached to an aromatic ring is 1. The average molecular weight is 492 g/mol. The zero-order valence-electron chi connectivity index (χ0n) is 22.6. The Morgan fingerprint density at radius 1 is 0.912 bits per heavy atom. The van der Waals surface area contributed by atoms with Gasteiger partial charge in [-0.05, 0) is 49.5 Å². The summed E-state index contributed by atoms with van der Waals surface area (Å²) in [6.07, 6.45) is 0. The molecule has 192 valence electrons. The zero-order valence-corrected chi connectivity index (χ0v) is 23.6. The first-order valence-electron chi connectivity index (χ1n) is 12.2. The Morgan fingerprint density at radius 2 is 1.47 bits per heavy atom. The van der Waals surface area contributed by atoms with Crippen molar-refractivity contribution < 1.29 is 23.7 Å². The Balaban J connectivity index is 2.56. The molecule has 0 atom stereocenters. The molecule has 1 rings (SSSR count). The molecule has 6 nitrogen and oxygen atoms in total. The van der Waals surface area contributed by atoms with E-state index in [4.69, 9.17) is 24.7 Å². The Bertz CT molecular complexity index is 812. The lowest BCUT2D eigenvalue weighted by Crippen LogP contribution is -2.43. The van der Waals surface area contributed by atoms with Crippen LogP contribution in [0.25, 0.3) is 0 Å². The van der Waals surface area contributed by atoms with Gasteiger partial charge in [0.15, 0.2) is 0 Å². The van der Waals surface area contributed by atoms with Gasteiger partial charge in [0, 0.05) is 17.3 Å². The highest BCUT2D eigenvalue weighted by Crippen LogP contribution is 2.40. The van der Waals surface area contributed by atoms with Gasteiger partial charge in [0.2, 0.25) is 0 Å². The van der Waals surface area contributed by atoms with Crippen LogP contribution in [0.4, 0.5) is 5.69 Å². The summed E-state index contributed by atoms with van der Waals surface area (Å²) in [5.41, 5.74) is 12.5. The average Bonchev–Trinajstić information content (AvgIpc) is 2.68. The minimum Gasteiger partial charge on any atom is -0.491 e. The molecule has 0 heterocycles. The van der Waals surface area contributed by atoms with Crippen LogP contribution in [0.1, 0.15) is 67.9 Å². The Morgan fingerprint density at radius 3 is 2.03 bits per heavy atom. The van der Waals surface area contributed by atoms with E-state index < -0.39 is 13.7 Å². The van der Waals surface area contributed by atoms with E-state index in [1.807, 2.05) is 32.9 Å². The number of rotatable bonds is 12. The minimum absolute atomic E-state index is 0.0845. The van der Waals surface area contributed by atoms with Crippen molar-refractivity contribution in [2.24, 2.45) is 0 Å². The Hall–Kier alpha value is -2.01. The third kappa shape index (κ3) is 10.1. The maximum absolute atomic E-state index is 11.6. The molecule has 0 spiro atoms. The summed E-state index contributed by atoms with van der Waals surface area (Å²) >= 11 is 0. The van der Waals surface area contributed by atoms with Gasteiger partial charge in [-0.1, -0.05) is 47.5 Å². The van der Waals surface area contributed by atoms with Crippen LogP contribution < -0.4 is 10.5 Å². The molecular weight excluding hydrogens is 446 g/mol. The molecule has 0 bridgehead atoms. The fraction of sp³-hybridized carbons (Fsp3) is 0.667. The summed E-state index contributed by atoms with van der Waals surface area (Å²) in [4.78, 5) is 11.6. The van der Waals surface area contributed by atoms with Gasteiger partial charge in [0.1, 0.15) is 32.6 Å². The Kier molecular flexibility index (Phi) is 12.2. The van der Waals surface area contributed by atoms with Crippen molar-refractivity contribution in [1.29, 1.82) is 0 Å². The largest absolute Gasteiger partial charge is 0.491 e. The van der Waals surface area contributed by atoms with Gasteiger partial charge >= 0.3 is 5.97 Å². The maximum atomic E-state index is 11.6. The third-order valence-corrected chi connectivity index (χ3v) is 12.0. The first-order chi connectivity index (χ1) is 15.8. The van der Waals surface area contributed by atoms with E-state index in [2.05, 4.69) is 53.0 Å². The number of hydrogen-bond acceptors (Lipinski definition) is 6. The molecule has 1 aromatic carbocycles. The van der Waals surface area contributed by atoms with Crippen LogP contribution in [0.2, 0.25) is 16.6 Å². The monoisotopic (exact) mass is 491 g/mol. The summed E-state index contributed by atoms with van der Waals surface area (Å²) in [6.45, 7) is 20.7. The van der Waals surface area contributed by atoms with Crippen LogP contribution in [0, 0.1) is 11.5 Å². The molecule has 0 saturated heterocycles. The number of ether oxygens (including phenoxy) is 4. The first kappa shape index (κ1) is 30.0. The lowest BCUT2D eigenvalue weighted by atomic mass is 10.2. The number of esters is 1. The van der Waals surface area contributed by atoms with Gasteiger partial charge in [0.05, 0.1) is 19.8 Å². The predicted octanol–water partition coefficient (Wildman–Crippen LogP) is 5.59. The standard InChI is InChI=1S/C27H45NO5Si/c1-20(2)34(21(3)4,22(5)6)15-10-23-16-24(28)18-25(17-23)32-14-13-30-11-12-31-19-26(29)33-27(7,8)9/h16-18,20-22H,11-14,19,28H2,1-9H3. The molecule has 0 amide bonds. The lowest BCUT2D eigenvalue weighted by Gasteiger charge is -2.38. The minimum atomic E-state index is -1.82. The van der Waals surface area contributed by atoms with Crippen LogP contribution in [-0.2, 0) is 19.0 Å². The molecule has 2 N–H and O–H groups in total. The van der Waals surface area contributed by atoms with E-state index in [-0.39, 0.29) is 12.6 Å². The molecule has 34 heavy (non-hydrogen) atoms. The van der Waals surface area contributed by atoms with Gasteiger partial charge < -0.3 is 24.7 Å². The van der Waals surface area contributed by atoms with E-state index in [1.165, 1.54) is 0 Å². The van der Waals surface area contributed by atoms with Crippen molar-refractivity contribution in [2.75, 3.05) is 38.8 Å². The highest BCUT2D eigenvalue weighted by Gasteiger charge is 2.41. The maximum Gasteiger partial charge on any atom is 0.332 e. The van der Waals surface area contributed by atoms with E-state index >= 15 is 0 Å². The topological polar surface area (TPSA) is 80.0 Å². The summed E-state index contributed by atoms with van der Waals surface area (Å²) in [5.74, 6) is 3.72. The van der Waals surface area contributed by atoms with E-state index in [9.17, 15) is 4.79 Å². The predicted molar refractivity (Wildman–Crippen MR) is 142 cm³/mol. The molecule has 0 aliphatic heterocycles. The molecule has 0 fully saturated rings. The van der Waals surface area contributed by atoms with Gasteiger partial charge in [0.25, 0.3) is 0 Å². The van der Waals surface area contributed by atoms with Crippen molar-refractivity contribution in [1.82, 2.24) is 0 Å². The number of hydrogen-bond donors (Lipinski definition) is 1. The Labute approximate surface area is 207 Å². The van der Waals surface area contributed by atoms with Gasteiger partial charge in [-0.25, -0.2) is 4.79 Å². The number of carbonyl (C=O) groups is 1. The quantitative estimate of drug-likeness (QED) is 0.135. The molecule has 0 unspecified atom stereocenters. The molecular formula is C27H45NO5Si. The highest BCUT2D eigenvalue weighted by molar-refractivity contribution is 6.90. The molecule has 0 aliphatic rings. The first-order valence-corrected chi connectivity index (χ1v) is 14.4. The number of anilines is 1. The van der Waals surface area contributed by atoms with Gasteiger partial charge in [-0.15, -0.1) is 5.54 Å². The molecule has 0 saturated carbocycles. The smallest absolute Gasteiger partial charge is 0.332 e. The summed E-state index contributed by atoms with van der Waals surface area (Å²) in [5, 5.41) is 0. The van der Waals surface area contributed by atoms with Crippen molar-refractivity contribution in [2.45, 2.75) is 84.5 Å². The van der Waals surface area contributed by atoms with E-state index in [1.54, 1.807) is 6.07 Å². The van der Waals surface area contributed by atoms with Gasteiger partial charge in [-0.3, -0.25) is 0 Å². The van der Waals surface area contributed by atoms with Crippen molar-refractivity contribution >= 4 is 19.7 Å². The van der Waals surface area contributed by atoms with Crippen molar-refractivity contribution in [3.63, 3.8) is 0 Å². The molecule has 0 aromatic heterocycles. The SMILES string of the molecule is CC(C)[Si](C#Cc1cc(N)cc(OCCOCCOCC(=O)OC(C)(C)C)c1)(C(C)C)C(C)C. The van der Waals surface area contributed by atoms with E-state index in [0.29, 0.717) is 54.5 Å². The second-order valence-corrected chi connectivity index (χ2v) is 16.1. The van der Waals surface area contributed by atoms with Crippen LogP contribution in [0.5, 0.6) is 5.75 Å². The van der Waals surface area contributed by atoms with Crippen LogP contribution in [-0.4, -0.2) is 52.7 Å². The van der Waals surface area contributed by atoms with Gasteiger partial charge in [-0.2, -0.15) is 0 Å². The second kappa shape index (κ2) is 13.8. The van der Waals surface area contributed by atoms with E-state index in [0.717, 1.165) is 5.56 Å². The lowest BCUT2D eigenvalue weighted by molar-refractivity contribution is -0.160. The molecule has 7 heteroatoms. The van der Waals surface area contributed by atoms with Crippen LogP contribution in [0.3, 0.4) is 0 Å². The highest BCUT2D eigenvalue weighted by atomic mass is 28.3. The summed E-state index contributed by atoms with van der Waals surface area (Å²) < 4.78 is 21.8. The fourth-order valence-electron chi connectivity index (χ4n) is 4.36. The zero-order chi connectivity index (χ0) is 25.9. The number of nitrogens with two attached hydrogens (primary N) is 1. The fourth-order valence-corrected chi connectivity index (χ4v) is 9.58. The molecule has 0 aliphatic carbocycles. The number of carbonyl (C=O) groups excluding carboxylic acids is 1. The molecule has 0 radical (unpaired) electrons. The third-order valence-electron chi connectivity index (χ3n) is 5.73.